The van der Waals surface area contributed by atoms with Crippen LogP contribution in [0.1, 0.15) is 10.4 Å². The van der Waals surface area contributed by atoms with Crippen LogP contribution in [-0.2, 0) is 0 Å². The van der Waals surface area contributed by atoms with Crippen LogP contribution in [0, 0.1) is 6.07 Å². The summed E-state index contributed by atoms with van der Waals surface area (Å²) >= 11 is 0. The van der Waals surface area contributed by atoms with Gasteiger partial charge in [-0.1, -0.05) is 12.1 Å². The molecule has 3 N–H and O–H groups in total. The van der Waals surface area contributed by atoms with Crippen molar-refractivity contribution in [3.05, 3.63) is 29.8 Å². The quantitative estimate of drug-likeness (QED) is 0.560. The third-order valence-corrected chi connectivity index (χ3v) is 1.10. The molecule has 0 aliphatic heterocycles. The molecule has 0 saturated carbocycles. The van der Waals surface area contributed by atoms with Gasteiger partial charge < -0.3 is 10.8 Å². The Morgan fingerprint density at radius 1 is 1.70 bits per heavy atom. The first-order chi connectivity index (χ1) is 4.72. The van der Waals surface area contributed by atoms with Gasteiger partial charge in [0.25, 0.3) is 0 Å². The Labute approximate surface area is 58.1 Å². The van der Waals surface area contributed by atoms with Gasteiger partial charge in [0.1, 0.15) is 0 Å². The van der Waals surface area contributed by atoms with E-state index in [0.717, 1.165) is 0 Å². The molecule has 0 atom stereocenters. The van der Waals surface area contributed by atoms with Gasteiger partial charge in [-0.2, -0.15) is 0 Å². The summed E-state index contributed by atoms with van der Waals surface area (Å²) in [5, 5.41) is 8.45. The monoisotopic (exact) mass is 136 g/mol. The van der Waals surface area contributed by atoms with Gasteiger partial charge in [-0.3, -0.25) is 0 Å². The standard InChI is InChI=1S/C7H6NO2/c8-6-4-2-1-3-5(6)7(9)10/h1-2,4H,8H2,(H,9,10). The second-order valence-corrected chi connectivity index (χ2v) is 1.81. The van der Waals surface area contributed by atoms with Crippen molar-refractivity contribution < 1.29 is 9.90 Å². The molecule has 0 amide bonds. The first kappa shape index (κ1) is 6.61. The van der Waals surface area contributed by atoms with Crippen LogP contribution in [0.2, 0.25) is 0 Å². The van der Waals surface area contributed by atoms with Gasteiger partial charge >= 0.3 is 5.97 Å². The van der Waals surface area contributed by atoms with Crippen LogP contribution in [0.4, 0.5) is 5.69 Å². The normalized spacial score (nSPS) is 9.20. The summed E-state index contributed by atoms with van der Waals surface area (Å²) in [6.45, 7) is 0. The fourth-order valence-corrected chi connectivity index (χ4v) is 0.635. The maximum atomic E-state index is 10.3. The summed E-state index contributed by atoms with van der Waals surface area (Å²) in [5.74, 6) is -1.04. The van der Waals surface area contributed by atoms with Crippen molar-refractivity contribution in [1.82, 2.24) is 0 Å². The lowest BCUT2D eigenvalue weighted by molar-refractivity contribution is 0.0697. The summed E-state index contributed by atoms with van der Waals surface area (Å²) in [6.07, 6.45) is 0. The van der Waals surface area contributed by atoms with Gasteiger partial charge in [-0.15, -0.1) is 0 Å². The zero-order valence-electron chi connectivity index (χ0n) is 5.16. The number of benzene rings is 1. The highest BCUT2D eigenvalue weighted by Gasteiger charge is 2.04. The SMILES string of the molecule is Nc1ccc[c]c1C(=O)O. The average molecular weight is 136 g/mol. The predicted octanol–water partition coefficient (Wildman–Crippen LogP) is 0.767. The molecule has 1 aromatic rings. The second kappa shape index (κ2) is 2.39. The molecule has 0 saturated heterocycles. The molecule has 0 fully saturated rings. The molecular formula is C7H6NO2. The van der Waals surface area contributed by atoms with E-state index in [1.807, 2.05) is 0 Å². The molecule has 0 aliphatic rings. The highest BCUT2D eigenvalue weighted by molar-refractivity contribution is 5.93. The van der Waals surface area contributed by atoms with E-state index < -0.39 is 5.97 Å². The molecule has 0 spiro atoms. The van der Waals surface area contributed by atoms with Gasteiger partial charge in [0, 0.05) is 5.69 Å². The van der Waals surface area contributed by atoms with Crippen LogP contribution < -0.4 is 5.73 Å². The smallest absolute Gasteiger partial charge is 0.338 e. The third-order valence-electron chi connectivity index (χ3n) is 1.10. The lowest BCUT2D eigenvalue weighted by Crippen LogP contribution is -2.01. The molecular weight excluding hydrogens is 130 g/mol. The Kier molecular flexibility index (Phi) is 1.58. The minimum absolute atomic E-state index is 0.0301. The largest absolute Gasteiger partial charge is 0.478 e. The molecule has 0 unspecified atom stereocenters. The molecule has 0 bridgehead atoms. The lowest BCUT2D eigenvalue weighted by Gasteiger charge is -1.95. The number of hydrogen-bond acceptors (Lipinski definition) is 2. The lowest BCUT2D eigenvalue weighted by atomic mass is 10.2. The van der Waals surface area contributed by atoms with Gasteiger partial charge in [0.05, 0.1) is 5.56 Å². The molecule has 3 nitrogen and oxygen atoms in total. The van der Waals surface area contributed by atoms with Crippen LogP contribution in [0.5, 0.6) is 0 Å². The van der Waals surface area contributed by atoms with E-state index in [9.17, 15) is 4.79 Å². The van der Waals surface area contributed by atoms with E-state index in [2.05, 4.69) is 6.07 Å². The zero-order valence-corrected chi connectivity index (χ0v) is 5.16. The van der Waals surface area contributed by atoms with E-state index in [1.54, 1.807) is 6.07 Å². The highest BCUT2D eigenvalue weighted by Crippen LogP contribution is 2.08. The number of carboxylic acid groups (broad SMARTS) is 1. The molecule has 1 aromatic carbocycles. The van der Waals surface area contributed by atoms with Crippen molar-refractivity contribution in [2.45, 2.75) is 0 Å². The zero-order chi connectivity index (χ0) is 7.56. The molecule has 51 valence electrons. The van der Waals surface area contributed by atoms with Crippen LogP contribution in [0.3, 0.4) is 0 Å². The Morgan fingerprint density at radius 2 is 2.40 bits per heavy atom. The Hall–Kier alpha value is -1.51. The number of carbonyl (C=O) groups is 1. The third kappa shape index (κ3) is 1.07. The number of anilines is 1. The molecule has 10 heavy (non-hydrogen) atoms. The number of nitrogen functional groups attached to an aromatic ring is 1. The summed E-state index contributed by atoms with van der Waals surface area (Å²) in [5.41, 5.74) is 5.58. The van der Waals surface area contributed by atoms with Gasteiger partial charge in [-0.05, 0) is 12.1 Å². The Morgan fingerprint density at radius 3 is 2.80 bits per heavy atom. The van der Waals surface area contributed by atoms with Crippen molar-refractivity contribution in [2.24, 2.45) is 0 Å². The van der Waals surface area contributed by atoms with Gasteiger partial charge in [0.2, 0.25) is 0 Å². The molecule has 0 aliphatic carbocycles. The van der Waals surface area contributed by atoms with Crippen LogP contribution in [0.25, 0.3) is 0 Å². The number of nitrogens with two attached hydrogens (primary N) is 1. The van der Waals surface area contributed by atoms with E-state index >= 15 is 0 Å². The number of rotatable bonds is 1. The minimum atomic E-state index is -1.04. The van der Waals surface area contributed by atoms with E-state index in [-0.39, 0.29) is 11.3 Å². The van der Waals surface area contributed by atoms with Crippen molar-refractivity contribution in [3.63, 3.8) is 0 Å². The molecule has 1 rings (SSSR count). The van der Waals surface area contributed by atoms with Crippen molar-refractivity contribution in [3.8, 4) is 0 Å². The Balaban J connectivity index is 3.15. The number of hydrogen-bond donors (Lipinski definition) is 2. The highest BCUT2D eigenvalue weighted by atomic mass is 16.4. The Bertz CT molecular complexity index is 258. The van der Waals surface area contributed by atoms with Crippen LogP contribution in [0.15, 0.2) is 18.2 Å². The summed E-state index contributed by atoms with van der Waals surface area (Å²) < 4.78 is 0. The van der Waals surface area contributed by atoms with E-state index in [0.29, 0.717) is 0 Å². The average Bonchev–Trinajstić information content (AvgIpc) is 1.88. The number of carboxylic acids is 1. The maximum Gasteiger partial charge on any atom is 0.338 e. The van der Waals surface area contributed by atoms with Gasteiger partial charge in [-0.25, -0.2) is 4.79 Å². The van der Waals surface area contributed by atoms with Crippen LogP contribution >= 0.6 is 0 Å². The fourth-order valence-electron chi connectivity index (χ4n) is 0.635. The number of aromatic carboxylic acids is 1. The molecule has 1 radical (unpaired) electrons. The van der Waals surface area contributed by atoms with Gasteiger partial charge in [0.15, 0.2) is 0 Å². The molecule has 0 heterocycles. The molecule has 0 aromatic heterocycles. The van der Waals surface area contributed by atoms with E-state index in [1.165, 1.54) is 12.1 Å². The van der Waals surface area contributed by atoms with E-state index in [4.69, 9.17) is 10.8 Å². The maximum absolute atomic E-state index is 10.3. The summed E-state index contributed by atoms with van der Waals surface area (Å²) in [6, 6.07) is 7.19. The van der Waals surface area contributed by atoms with Crippen LogP contribution in [-0.4, -0.2) is 11.1 Å². The first-order valence-electron chi connectivity index (χ1n) is 2.71. The second-order valence-electron chi connectivity index (χ2n) is 1.81. The first-order valence-corrected chi connectivity index (χ1v) is 2.71. The van der Waals surface area contributed by atoms with Crippen molar-refractivity contribution in [1.29, 1.82) is 0 Å². The minimum Gasteiger partial charge on any atom is -0.478 e. The molecule has 3 heteroatoms. The van der Waals surface area contributed by atoms with Crippen molar-refractivity contribution >= 4 is 11.7 Å². The topological polar surface area (TPSA) is 63.3 Å². The fraction of sp³-hybridized carbons (Fsp3) is 0. The predicted molar refractivity (Wildman–Crippen MR) is 36.6 cm³/mol. The summed E-state index contributed by atoms with van der Waals surface area (Å²) in [4.78, 5) is 10.3. The summed E-state index contributed by atoms with van der Waals surface area (Å²) in [7, 11) is 0. The van der Waals surface area contributed by atoms with Crippen molar-refractivity contribution in [2.75, 3.05) is 5.73 Å².